The van der Waals surface area contributed by atoms with E-state index in [0.717, 1.165) is 5.56 Å². The average molecular weight is 342 g/mol. The third-order valence-corrected chi connectivity index (χ3v) is 3.61. The molecule has 0 bridgehead atoms. The van der Waals surface area contributed by atoms with Crippen LogP contribution in [0.4, 0.5) is 11.4 Å². The number of nitrogens with one attached hydrogen (secondary N) is 1. The summed E-state index contributed by atoms with van der Waals surface area (Å²) in [5.74, 6) is -0.508. The van der Waals surface area contributed by atoms with E-state index in [9.17, 15) is 19.7 Å². The Bertz CT molecular complexity index is 825. The number of hydrogen-bond acceptors (Lipinski definition) is 6. The van der Waals surface area contributed by atoms with Crippen LogP contribution in [-0.4, -0.2) is 34.9 Å². The molecule has 2 heterocycles. The van der Waals surface area contributed by atoms with Crippen molar-refractivity contribution in [1.82, 2.24) is 10.3 Å². The maximum absolute atomic E-state index is 12.2. The monoisotopic (exact) mass is 342 g/mol. The second kappa shape index (κ2) is 6.95. The van der Waals surface area contributed by atoms with Gasteiger partial charge in [0.25, 0.3) is 11.6 Å². The second-order valence-corrected chi connectivity index (χ2v) is 5.32. The van der Waals surface area contributed by atoms with Gasteiger partial charge in [-0.15, -0.1) is 0 Å². The number of carbonyl (C=O) groups is 2. The van der Waals surface area contributed by atoms with E-state index in [0.29, 0.717) is 5.75 Å². The third kappa shape index (κ3) is 3.71. The van der Waals surface area contributed by atoms with Crippen molar-refractivity contribution >= 4 is 23.2 Å². The van der Waals surface area contributed by atoms with Crippen LogP contribution in [0.15, 0.2) is 42.7 Å². The highest BCUT2D eigenvalue weighted by atomic mass is 16.6. The van der Waals surface area contributed by atoms with Gasteiger partial charge in [0.15, 0.2) is 6.61 Å². The van der Waals surface area contributed by atoms with E-state index in [1.165, 1.54) is 23.1 Å². The first-order valence-corrected chi connectivity index (χ1v) is 7.42. The van der Waals surface area contributed by atoms with Gasteiger partial charge >= 0.3 is 0 Å². The first-order valence-electron chi connectivity index (χ1n) is 7.42. The Labute approximate surface area is 142 Å². The molecule has 25 heavy (non-hydrogen) atoms. The van der Waals surface area contributed by atoms with Crippen LogP contribution in [0, 0.1) is 10.1 Å². The number of fused-ring (bicyclic) bond motifs is 1. The molecule has 9 nitrogen and oxygen atoms in total. The Hall–Kier alpha value is -3.49. The molecule has 128 valence electrons. The summed E-state index contributed by atoms with van der Waals surface area (Å²) in [5.41, 5.74) is 0.847. The van der Waals surface area contributed by atoms with Crippen LogP contribution < -0.4 is 15.0 Å². The van der Waals surface area contributed by atoms with Gasteiger partial charge in [0.2, 0.25) is 5.91 Å². The molecule has 2 amide bonds. The van der Waals surface area contributed by atoms with Crippen molar-refractivity contribution in [2.45, 2.75) is 6.54 Å². The average Bonchev–Trinajstić information content (AvgIpc) is 2.63. The Morgan fingerprint density at radius 2 is 2.24 bits per heavy atom. The molecular formula is C16H14N4O5. The quantitative estimate of drug-likeness (QED) is 0.641. The molecule has 1 N–H and O–H groups in total. The van der Waals surface area contributed by atoms with E-state index in [-0.39, 0.29) is 31.1 Å². The molecular weight excluding hydrogens is 328 g/mol. The fraction of sp³-hybridized carbons (Fsp3) is 0.188. The zero-order chi connectivity index (χ0) is 17.8. The van der Waals surface area contributed by atoms with Gasteiger partial charge in [-0.2, -0.15) is 0 Å². The number of nitro benzene ring substituents is 1. The minimum Gasteiger partial charge on any atom is -0.482 e. The standard InChI is InChI=1S/C16H14N4O5/c21-15(18-8-11-2-1-5-17-7-11)9-19-13-6-12(20(23)24)3-4-14(13)25-10-16(19)22/h1-7H,8-10H2,(H,18,21). The number of carbonyl (C=O) groups excluding carboxylic acids is 2. The SMILES string of the molecule is O=C(CN1C(=O)COc2ccc([N+](=O)[O-])cc21)NCc1cccnc1. The first kappa shape index (κ1) is 16.4. The fourth-order valence-electron chi connectivity index (χ4n) is 2.38. The Balaban J connectivity index is 1.73. The predicted molar refractivity (Wildman–Crippen MR) is 87.0 cm³/mol. The Morgan fingerprint density at radius 3 is 2.96 bits per heavy atom. The molecule has 0 saturated heterocycles. The lowest BCUT2D eigenvalue weighted by molar-refractivity contribution is -0.384. The number of non-ortho nitro benzene ring substituents is 1. The molecule has 2 aromatic rings. The molecule has 1 aliphatic rings. The molecule has 0 unspecified atom stereocenters. The lowest BCUT2D eigenvalue weighted by atomic mass is 10.2. The maximum atomic E-state index is 12.2. The number of hydrogen-bond donors (Lipinski definition) is 1. The van der Waals surface area contributed by atoms with Crippen molar-refractivity contribution in [3.63, 3.8) is 0 Å². The van der Waals surface area contributed by atoms with Gasteiger partial charge in [-0.3, -0.25) is 29.6 Å². The van der Waals surface area contributed by atoms with Crippen molar-refractivity contribution in [3.05, 3.63) is 58.4 Å². The molecule has 0 radical (unpaired) electrons. The van der Waals surface area contributed by atoms with Crippen LogP contribution in [0.3, 0.4) is 0 Å². The van der Waals surface area contributed by atoms with Crippen molar-refractivity contribution in [1.29, 1.82) is 0 Å². The highest BCUT2D eigenvalue weighted by Gasteiger charge is 2.29. The summed E-state index contributed by atoms with van der Waals surface area (Å²) in [6.45, 7) is -0.204. The molecule has 0 spiro atoms. The number of aromatic nitrogens is 1. The van der Waals surface area contributed by atoms with Gasteiger partial charge in [-0.1, -0.05) is 6.07 Å². The molecule has 0 aliphatic carbocycles. The smallest absolute Gasteiger partial charge is 0.271 e. The van der Waals surface area contributed by atoms with Crippen LogP contribution in [0.25, 0.3) is 0 Å². The minimum absolute atomic E-state index is 0.183. The number of anilines is 1. The lowest BCUT2D eigenvalue weighted by Gasteiger charge is -2.28. The molecule has 0 fully saturated rings. The van der Waals surface area contributed by atoms with E-state index in [1.807, 2.05) is 6.07 Å². The summed E-state index contributed by atoms with van der Waals surface area (Å²) in [6.07, 6.45) is 3.25. The number of pyridine rings is 1. The molecule has 3 rings (SSSR count). The van der Waals surface area contributed by atoms with Crippen molar-refractivity contribution in [2.75, 3.05) is 18.1 Å². The normalized spacial score (nSPS) is 13.0. The summed E-state index contributed by atoms with van der Waals surface area (Å²) >= 11 is 0. The zero-order valence-electron chi connectivity index (χ0n) is 13.0. The van der Waals surface area contributed by atoms with Crippen LogP contribution >= 0.6 is 0 Å². The molecule has 0 atom stereocenters. The predicted octanol–water partition coefficient (Wildman–Crippen LogP) is 1.03. The molecule has 9 heteroatoms. The van der Waals surface area contributed by atoms with Gasteiger partial charge in [0, 0.05) is 31.1 Å². The minimum atomic E-state index is -0.569. The summed E-state index contributed by atoms with van der Waals surface area (Å²) in [5, 5.41) is 13.6. The Morgan fingerprint density at radius 1 is 1.40 bits per heavy atom. The topological polar surface area (TPSA) is 115 Å². The lowest BCUT2D eigenvalue weighted by Crippen LogP contribution is -2.45. The summed E-state index contributed by atoms with van der Waals surface area (Å²) in [4.78, 5) is 39.7. The summed E-state index contributed by atoms with van der Waals surface area (Å²) in [6, 6.07) is 7.49. The molecule has 0 saturated carbocycles. The van der Waals surface area contributed by atoms with Crippen molar-refractivity contribution in [3.8, 4) is 5.75 Å². The van der Waals surface area contributed by atoms with E-state index in [2.05, 4.69) is 10.3 Å². The maximum Gasteiger partial charge on any atom is 0.271 e. The van der Waals surface area contributed by atoms with Gasteiger partial charge in [0.05, 0.1) is 10.6 Å². The zero-order valence-corrected chi connectivity index (χ0v) is 13.0. The third-order valence-electron chi connectivity index (χ3n) is 3.61. The fourth-order valence-corrected chi connectivity index (χ4v) is 2.38. The Kier molecular flexibility index (Phi) is 4.55. The van der Waals surface area contributed by atoms with Gasteiger partial charge in [0.1, 0.15) is 12.3 Å². The summed E-state index contributed by atoms with van der Waals surface area (Å²) in [7, 11) is 0. The number of benzene rings is 1. The second-order valence-electron chi connectivity index (χ2n) is 5.32. The number of nitro groups is 1. The van der Waals surface area contributed by atoms with E-state index >= 15 is 0 Å². The van der Waals surface area contributed by atoms with Gasteiger partial charge < -0.3 is 10.1 Å². The number of ether oxygens (including phenoxy) is 1. The van der Waals surface area contributed by atoms with Crippen LogP contribution in [0.1, 0.15) is 5.56 Å². The van der Waals surface area contributed by atoms with Gasteiger partial charge in [-0.25, -0.2) is 0 Å². The number of rotatable bonds is 5. The van der Waals surface area contributed by atoms with Crippen LogP contribution in [-0.2, 0) is 16.1 Å². The number of nitrogens with zero attached hydrogens (tertiary/aromatic N) is 3. The van der Waals surface area contributed by atoms with Gasteiger partial charge in [-0.05, 0) is 17.7 Å². The van der Waals surface area contributed by atoms with E-state index in [4.69, 9.17) is 4.74 Å². The van der Waals surface area contributed by atoms with Crippen molar-refractivity contribution in [2.24, 2.45) is 0 Å². The van der Waals surface area contributed by atoms with E-state index in [1.54, 1.807) is 18.5 Å². The van der Waals surface area contributed by atoms with Crippen LogP contribution in [0.2, 0.25) is 0 Å². The molecule has 1 aliphatic heterocycles. The molecule has 1 aromatic heterocycles. The van der Waals surface area contributed by atoms with Crippen LogP contribution in [0.5, 0.6) is 5.75 Å². The highest BCUT2D eigenvalue weighted by Crippen LogP contribution is 2.35. The molecule has 1 aromatic carbocycles. The summed E-state index contributed by atoms with van der Waals surface area (Å²) < 4.78 is 5.26. The van der Waals surface area contributed by atoms with E-state index < -0.39 is 16.7 Å². The first-order chi connectivity index (χ1) is 12.0. The van der Waals surface area contributed by atoms with Crippen molar-refractivity contribution < 1.29 is 19.2 Å². The highest BCUT2D eigenvalue weighted by molar-refractivity contribution is 6.02. The largest absolute Gasteiger partial charge is 0.482 e. The number of amides is 2.